The van der Waals surface area contributed by atoms with Crippen molar-refractivity contribution in [3.63, 3.8) is 0 Å². The second kappa shape index (κ2) is 8.37. The summed E-state index contributed by atoms with van der Waals surface area (Å²) in [6.45, 7) is 2.40. The van der Waals surface area contributed by atoms with E-state index in [0.29, 0.717) is 25.1 Å². The number of carbonyl (C=O) groups is 3. The molecule has 3 aromatic carbocycles. The lowest BCUT2D eigenvalue weighted by Gasteiger charge is -2.28. The molecule has 4 aromatic rings. The van der Waals surface area contributed by atoms with Crippen LogP contribution in [0.25, 0.3) is 27.2 Å². The Balaban J connectivity index is 1.17. The molecule has 0 bridgehead atoms. The van der Waals surface area contributed by atoms with Crippen molar-refractivity contribution in [2.24, 2.45) is 0 Å². The van der Waals surface area contributed by atoms with Crippen LogP contribution in [0.5, 0.6) is 0 Å². The van der Waals surface area contributed by atoms with Gasteiger partial charge in [-0.2, -0.15) is 0 Å². The van der Waals surface area contributed by atoms with E-state index in [0.717, 1.165) is 32.1 Å². The average Bonchev–Trinajstić information content (AvgIpc) is 3.43. The standard InChI is InChI=1S/C29H26N4O3/c1-29(22-11-10-19-6-2-3-7-21(19)16-22)27(35)33(28(36)31-29)18-26(34)32-14-12-20(13-15-32)24-17-30-25-9-5-4-8-23(24)25/h2-12,16-17,30H,13-15,18H2,1H3,(H,31,36). The van der Waals surface area contributed by atoms with Gasteiger partial charge in [-0.15, -0.1) is 0 Å². The molecule has 0 spiro atoms. The number of benzene rings is 3. The summed E-state index contributed by atoms with van der Waals surface area (Å²) >= 11 is 0. The van der Waals surface area contributed by atoms with Crippen molar-refractivity contribution >= 4 is 45.1 Å². The molecule has 1 unspecified atom stereocenters. The Hall–Kier alpha value is -4.39. The van der Waals surface area contributed by atoms with Gasteiger partial charge in [0.1, 0.15) is 12.1 Å². The van der Waals surface area contributed by atoms with Gasteiger partial charge in [-0.1, -0.05) is 60.7 Å². The highest BCUT2D eigenvalue weighted by Crippen LogP contribution is 2.32. The van der Waals surface area contributed by atoms with Crippen molar-refractivity contribution in [1.82, 2.24) is 20.1 Å². The molecule has 1 aromatic heterocycles. The molecule has 0 radical (unpaired) electrons. The molecular weight excluding hydrogens is 452 g/mol. The van der Waals surface area contributed by atoms with Crippen molar-refractivity contribution in [3.05, 3.63) is 90.1 Å². The van der Waals surface area contributed by atoms with Crippen molar-refractivity contribution < 1.29 is 14.4 Å². The highest BCUT2D eigenvalue weighted by Gasteiger charge is 2.49. The molecule has 7 heteroatoms. The summed E-state index contributed by atoms with van der Waals surface area (Å²) in [6, 6.07) is 21.2. The smallest absolute Gasteiger partial charge is 0.325 e. The Bertz CT molecular complexity index is 1570. The normalized spacial score (nSPS) is 20.2. The van der Waals surface area contributed by atoms with Crippen molar-refractivity contribution in [3.8, 4) is 0 Å². The van der Waals surface area contributed by atoms with Gasteiger partial charge in [-0.25, -0.2) is 4.79 Å². The van der Waals surface area contributed by atoms with Crippen LogP contribution < -0.4 is 5.32 Å². The predicted molar refractivity (Wildman–Crippen MR) is 139 cm³/mol. The number of H-pyrrole nitrogens is 1. The number of nitrogens with one attached hydrogen (secondary N) is 2. The van der Waals surface area contributed by atoms with E-state index in [2.05, 4.69) is 22.4 Å². The molecule has 7 nitrogen and oxygen atoms in total. The van der Waals surface area contributed by atoms with E-state index in [9.17, 15) is 14.4 Å². The SMILES string of the molecule is CC1(c2ccc3ccccc3c2)NC(=O)N(CC(=O)N2CC=C(c3c[nH]c4ccccc34)CC2)C1=O. The molecule has 1 fully saturated rings. The van der Waals surface area contributed by atoms with Crippen LogP contribution in [0.2, 0.25) is 0 Å². The maximum atomic E-state index is 13.4. The van der Waals surface area contributed by atoms with Crippen molar-refractivity contribution in [1.29, 1.82) is 0 Å². The first-order valence-electron chi connectivity index (χ1n) is 12.1. The van der Waals surface area contributed by atoms with E-state index < -0.39 is 17.5 Å². The van der Waals surface area contributed by atoms with Gasteiger partial charge in [-0.3, -0.25) is 14.5 Å². The summed E-state index contributed by atoms with van der Waals surface area (Å²) in [5.74, 6) is -0.654. The summed E-state index contributed by atoms with van der Waals surface area (Å²) in [5.41, 5.74) is 2.90. The Morgan fingerprint density at radius 1 is 1.00 bits per heavy atom. The van der Waals surface area contributed by atoms with Crippen LogP contribution >= 0.6 is 0 Å². The quantitative estimate of drug-likeness (QED) is 0.426. The summed E-state index contributed by atoms with van der Waals surface area (Å²) in [5, 5.41) is 6.02. The number of urea groups is 1. The maximum absolute atomic E-state index is 13.4. The Labute approximate surface area is 208 Å². The first-order chi connectivity index (χ1) is 17.4. The van der Waals surface area contributed by atoms with E-state index in [4.69, 9.17) is 0 Å². The molecular formula is C29H26N4O3. The van der Waals surface area contributed by atoms with Gasteiger partial charge in [-0.05, 0) is 47.4 Å². The summed E-state index contributed by atoms with van der Waals surface area (Å²) in [4.78, 5) is 45.3. The maximum Gasteiger partial charge on any atom is 0.325 e. The van der Waals surface area contributed by atoms with Crippen LogP contribution in [-0.4, -0.2) is 52.3 Å². The number of rotatable bonds is 4. The monoisotopic (exact) mass is 478 g/mol. The number of hydrogen-bond donors (Lipinski definition) is 2. The second-order valence-corrected chi connectivity index (χ2v) is 9.58. The number of para-hydroxylation sites is 1. The number of carbonyl (C=O) groups excluding carboxylic acids is 3. The van der Waals surface area contributed by atoms with E-state index in [1.165, 1.54) is 5.57 Å². The first-order valence-corrected chi connectivity index (χ1v) is 12.1. The van der Waals surface area contributed by atoms with E-state index in [1.54, 1.807) is 11.8 Å². The van der Waals surface area contributed by atoms with Crippen LogP contribution in [0, 0.1) is 0 Å². The van der Waals surface area contributed by atoms with Crippen LogP contribution in [0.4, 0.5) is 4.79 Å². The summed E-state index contributed by atoms with van der Waals surface area (Å²) < 4.78 is 0. The van der Waals surface area contributed by atoms with Crippen molar-refractivity contribution in [2.45, 2.75) is 18.9 Å². The fourth-order valence-corrected chi connectivity index (χ4v) is 5.25. The molecule has 2 aliphatic heterocycles. The van der Waals surface area contributed by atoms with Gasteiger partial charge in [0.25, 0.3) is 5.91 Å². The zero-order valence-corrected chi connectivity index (χ0v) is 20.0. The number of nitrogens with zero attached hydrogens (tertiary/aromatic N) is 2. The highest BCUT2D eigenvalue weighted by molar-refractivity contribution is 6.09. The fourth-order valence-electron chi connectivity index (χ4n) is 5.25. The van der Waals surface area contributed by atoms with E-state index in [-0.39, 0.29) is 12.5 Å². The number of fused-ring (bicyclic) bond motifs is 2. The zero-order valence-electron chi connectivity index (χ0n) is 20.0. The third-order valence-electron chi connectivity index (χ3n) is 7.39. The molecule has 6 rings (SSSR count). The molecule has 1 atom stereocenters. The summed E-state index contributed by atoms with van der Waals surface area (Å²) in [7, 11) is 0. The molecule has 4 amide bonds. The van der Waals surface area contributed by atoms with Gasteiger partial charge < -0.3 is 15.2 Å². The van der Waals surface area contributed by atoms with E-state index >= 15 is 0 Å². The van der Waals surface area contributed by atoms with Crippen molar-refractivity contribution in [2.75, 3.05) is 19.6 Å². The predicted octanol–water partition coefficient (Wildman–Crippen LogP) is 4.40. The number of hydrogen-bond acceptors (Lipinski definition) is 3. The Morgan fingerprint density at radius 3 is 2.58 bits per heavy atom. The molecule has 2 aliphatic rings. The molecule has 36 heavy (non-hydrogen) atoms. The number of aromatic nitrogens is 1. The second-order valence-electron chi connectivity index (χ2n) is 9.58. The van der Waals surface area contributed by atoms with Crippen LogP contribution in [-0.2, 0) is 15.1 Å². The molecule has 0 saturated carbocycles. The average molecular weight is 479 g/mol. The fraction of sp³-hybridized carbons (Fsp3) is 0.207. The van der Waals surface area contributed by atoms with Gasteiger partial charge in [0.15, 0.2) is 0 Å². The third kappa shape index (κ3) is 3.55. The lowest BCUT2D eigenvalue weighted by molar-refractivity contribution is -0.138. The molecule has 1 saturated heterocycles. The van der Waals surface area contributed by atoms with Gasteiger partial charge >= 0.3 is 6.03 Å². The minimum Gasteiger partial charge on any atom is -0.361 e. The zero-order chi connectivity index (χ0) is 24.9. The number of imide groups is 1. The minimum atomic E-state index is -1.22. The Kier molecular flexibility index (Phi) is 5.14. The largest absolute Gasteiger partial charge is 0.361 e. The molecule has 2 N–H and O–H groups in total. The summed E-state index contributed by atoms with van der Waals surface area (Å²) in [6.07, 6.45) is 4.78. The third-order valence-corrected chi connectivity index (χ3v) is 7.39. The number of aromatic amines is 1. The van der Waals surface area contributed by atoms with Crippen LogP contribution in [0.3, 0.4) is 0 Å². The number of amides is 4. The lowest BCUT2D eigenvalue weighted by atomic mass is 9.90. The highest BCUT2D eigenvalue weighted by atomic mass is 16.2. The molecule has 180 valence electrons. The Morgan fingerprint density at radius 2 is 1.78 bits per heavy atom. The topological polar surface area (TPSA) is 85.5 Å². The van der Waals surface area contributed by atoms with E-state index in [1.807, 2.05) is 66.9 Å². The minimum absolute atomic E-state index is 0.240. The molecule has 3 heterocycles. The first kappa shape index (κ1) is 22.1. The van der Waals surface area contributed by atoms with Crippen LogP contribution in [0.1, 0.15) is 24.5 Å². The van der Waals surface area contributed by atoms with Gasteiger partial charge in [0.05, 0.1) is 0 Å². The van der Waals surface area contributed by atoms with Crippen LogP contribution in [0.15, 0.2) is 79.0 Å². The molecule has 0 aliphatic carbocycles. The van der Waals surface area contributed by atoms with Gasteiger partial charge in [0.2, 0.25) is 5.91 Å². The lowest BCUT2D eigenvalue weighted by Crippen LogP contribution is -2.45. The van der Waals surface area contributed by atoms with Gasteiger partial charge in [0, 0.05) is 35.8 Å².